The predicted octanol–water partition coefficient (Wildman–Crippen LogP) is -0.437. The summed E-state index contributed by atoms with van der Waals surface area (Å²) in [6.07, 6.45) is 0. The van der Waals surface area contributed by atoms with Crippen molar-refractivity contribution < 1.29 is 33.3 Å². The number of fused-ring (bicyclic) bond motifs is 2. The number of aromatic nitrogens is 2. The van der Waals surface area contributed by atoms with Crippen molar-refractivity contribution in [2.75, 3.05) is 0 Å². The molecule has 0 saturated carbocycles. The summed E-state index contributed by atoms with van der Waals surface area (Å²) < 4.78 is 36.2. The van der Waals surface area contributed by atoms with Crippen molar-refractivity contribution in [3.63, 3.8) is 0 Å². The van der Waals surface area contributed by atoms with Crippen LogP contribution in [0, 0.1) is 24.1 Å². The molecule has 0 atom stereocenters. The molecule has 0 spiro atoms. The average Bonchev–Trinajstić information content (AvgIpc) is 2.93. The second-order valence-corrected chi connectivity index (χ2v) is 7.31. The monoisotopic (exact) mass is 390 g/mol. The van der Waals surface area contributed by atoms with Crippen LogP contribution in [-0.4, -0.2) is 4.98 Å². The molecule has 2 heterocycles. The van der Waals surface area contributed by atoms with Gasteiger partial charge in [0.15, 0.2) is 5.69 Å². The Labute approximate surface area is 156 Å². The van der Waals surface area contributed by atoms with Gasteiger partial charge in [0, 0.05) is 23.9 Å². The molecule has 0 aliphatic carbocycles. The zero-order valence-electron chi connectivity index (χ0n) is 14.0. The minimum absolute atomic E-state index is 1.05. The van der Waals surface area contributed by atoms with Gasteiger partial charge in [0.2, 0.25) is 0 Å². The fourth-order valence-electron chi connectivity index (χ4n) is 2.77. The summed E-state index contributed by atoms with van der Waals surface area (Å²) in [6, 6.07) is 17.3. The second kappa shape index (κ2) is 7.24. The first-order valence-electron chi connectivity index (χ1n) is 7.61. The summed E-state index contributed by atoms with van der Waals surface area (Å²) in [5, 5.41) is 4.70. The molecule has 4 aromatic rings. The van der Waals surface area contributed by atoms with E-state index in [9.17, 15) is 0 Å². The number of benzene rings is 2. The SMILES string of the molecule is Cc1cc(-c2ccc3ccccc3c2)[n+]2c(C)csc2n1.[O-][Cl+3]([O-])([O-])[O-]. The standard InChI is InChI=1S/C18H15N2S.ClHO4/c1-12-9-17(20-13(2)11-21-18(20)19-12)16-8-7-14-5-3-4-6-15(14)10-16;2-1(3,4)5/h3-11H,1-2H3;(H,2,3,4,5)/q+1;/p-1. The minimum Gasteiger partial charge on any atom is -0.222 e. The van der Waals surface area contributed by atoms with Gasteiger partial charge in [0.1, 0.15) is 11.4 Å². The van der Waals surface area contributed by atoms with E-state index in [1.165, 1.54) is 27.7 Å². The predicted molar refractivity (Wildman–Crippen MR) is 87.7 cm³/mol. The van der Waals surface area contributed by atoms with E-state index in [1.54, 1.807) is 11.3 Å². The van der Waals surface area contributed by atoms with Gasteiger partial charge in [-0.2, -0.15) is 4.40 Å². The molecule has 0 aliphatic rings. The van der Waals surface area contributed by atoms with Gasteiger partial charge in [-0.3, -0.25) is 0 Å². The normalized spacial score (nSPS) is 11.5. The highest BCUT2D eigenvalue weighted by molar-refractivity contribution is 7.14. The third-order valence-corrected chi connectivity index (χ3v) is 4.73. The van der Waals surface area contributed by atoms with Crippen LogP contribution in [0.15, 0.2) is 53.9 Å². The van der Waals surface area contributed by atoms with E-state index in [2.05, 4.69) is 77.1 Å². The third kappa shape index (κ3) is 4.34. The minimum atomic E-state index is -4.94. The molecule has 0 fully saturated rings. The first kappa shape index (κ1) is 18.7. The van der Waals surface area contributed by atoms with E-state index in [0.29, 0.717) is 0 Å². The lowest BCUT2D eigenvalue weighted by Gasteiger charge is -2.17. The largest absolute Gasteiger partial charge is 0.387 e. The molecule has 0 bridgehead atoms. The van der Waals surface area contributed by atoms with E-state index in [1.807, 2.05) is 0 Å². The van der Waals surface area contributed by atoms with Crippen LogP contribution in [0.2, 0.25) is 0 Å². The Bertz CT molecular complexity index is 1070. The summed E-state index contributed by atoms with van der Waals surface area (Å²) in [5.41, 5.74) is 4.73. The second-order valence-electron chi connectivity index (χ2n) is 5.72. The van der Waals surface area contributed by atoms with Gasteiger partial charge in [-0.25, -0.2) is 18.6 Å². The molecular weight excluding hydrogens is 376 g/mol. The van der Waals surface area contributed by atoms with Crippen molar-refractivity contribution in [1.29, 1.82) is 0 Å². The van der Waals surface area contributed by atoms with Gasteiger partial charge in [0.05, 0.1) is 0 Å². The van der Waals surface area contributed by atoms with Crippen LogP contribution in [0.4, 0.5) is 0 Å². The number of halogens is 1. The van der Waals surface area contributed by atoms with E-state index in [-0.39, 0.29) is 0 Å². The Morgan fingerprint density at radius 3 is 2.27 bits per heavy atom. The number of nitrogens with zero attached hydrogens (tertiary/aromatic N) is 2. The van der Waals surface area contributed by atoms with Crippen molar-refractivity contribution in [2.45, 2.75) is 13.8 Å². The fourth-order valence-corrected chi connectivity index (χ4v) is 3.70. The van der Waals surface area contributed by atoms with E-state index >= 15 is 0 Å². The summed E-state index contributed by atoms with van der Waals surface area (Å²) in [5.74, 6) is 0. The van der Waals surface area contributed by atoms with Crippen LogP contribution in [0.5, 0.6) is 0 Å². The molecule has 0 N–H and O–H groups in total. The maximum Gasteiger partial charge on any atom is 0.387 e. The quantitative estimate of drug-likeness (QED) is 0.409. The molecule has 2 aromatic carbocycles. The van der Waals surface area contributed by atoms with Gasteiger partial charge in [-0.15, -0.1) is 10.2 Å². The lowest BCUT2D eigenvalue weighted by atomic mass is 10.0. The lowest BCUT2D eigenvalue weighted by Crippen LogP contribution is -2.68. The summed E-state index contributed by atoms with van der Waals surface area (Å²) in [4.78, 5) is 5.68. The third-order valence-electron chi connectivity index (χ3n) is 3.78. The molecule has 26 heavy (non-hydrogen) atoms. The molecule has 0 saturated heterocycles. The summed E-state index contributed by atoms with van der Waals surface area (Å²) in [6.45, 7) is 4.19. The molecule has 0 radical (unpaired) electrons. The van der Waals surface area contributed by atoms with Crippen molar-refractivity contribution >= 4 is 27.1 Å². The maximum absolute atomic E-state index is 8.49. The first-order chi connectivity index (χ1) is 12.2. The molecule has 2 aromatic heterocycles. The smallest absolute Gasteiger partial charge is 0.222 e. The van der Waals surface area contributed by atoms with Crippen LogP contribution < -0.4 is 23.0 Å². The highest BCUT2D eigenvalue weighted by Gasteiger charge is 2.17. The van der Waals surface area contributed by atoms with Gasteiger partial charge >= 0.3 is 4.96 Å². The Hall–Kier alpha value is -2.13. The molecule has 0 unspecified atom stereocenters. The maximum atomic E-state index is 8.49. The highest BCUT2D eigenvalue weighted by Crippen LogP contribution is 2.24. The zero-order valence-corrected chi connectivity index (χ0v) is 15.6. The Balaban J connectivity index is 0.000000349. The molecule has 0 amide bonds. The fraction of sp³-hybridized carbons (Fsp3) is 0.111. The Morgan fingerprint density at radius 1 is 0.923 bits per heavy atom. The van der Waals surface area contributed by atoms with E-state index in [0.717, 1.165) is 10.7 Å². The number of rotatable bonds is 1. The van der Waals surface area contributed by atoms with Gasteiger partial charge in [0.25, 0.3) is 0 Å². The van der Waals surface area contributed by atoms with Crippen LogP contribution in [-0.2, 0) is 0 Å². The van der Waals surface area contributed by atoms with E-state index < -0.39 is 10.2 Å². The van der Waals surface area contributed by atoms with Crippen molar-refractivity contribution in [2.24, 2.45) is 0 Å². The van der Waals surface area contributed by atoms with E-state index in [4.69, 9.17) is 18.6 Å². The number of aryl methyl sites for hydroxylation is 2. The van der Waals surface area contributed by atoms with Gasteiger partial charge < -0.3 is 0 Å². The molecule has 6 nitrogen and oxygen atoms in total. The lowest BCUT2D eigenvalue weighted by molar-refractivity contribution is -2.00. The van der Waals surface area contributed by atoms with Gasteiger partial charge in [-0.1, -0.05) is 47.7 Å². The molecule has 4 rings (SSSR count). The Kier molecular flexibility index (Phi) is 5.19. The van der Waals surface area contributed by atoms with Gasteiger partial charge in [-0.05, 0) is 28.7 Å². The van der Waals surface area contributed by atoms with Crippen LogP contribution in [0.3, 0.4) is 0 Å². The van der Waals surface area contributed by atoms with Crippen molar-refractivity contribution in [3.8, 4) is 11.3 Å². The molecule has 134 valence electrons. The summed E-state index contributed by atoms with van der Waals surface area (Å²) >= 11 is 1.69. The van der Waals surface area contributed by atoms with Crippen molar-refractivity contribution in [3.05, 3.63) is 65.3 Å². The Morgan fingerprint density at radius 2 is 1.58 bits per heavy atom. The average molecular weight is 391 g/mol. The molecule has 0 aliphatic heterocycles. The number of thiazole rings is 1. The van der Waals surface area contributed by atoms with Crippen LogP contribution >= 0.6 is 11.3 Å². The molecule has 8 heteroatoms. The van der Waals surface area contributed by atoms with Crippen LogP contribution in [0.1, 0.15) is 11.4 Å². The zero-order chi connectivity index (χ0) is 18.9. The van der Waals surface area contributed by atoms with Crippen molar-refractivity contribution in [1.82, 2.24) is 4.98 Å². The summed E-state index contributed by atoms with van der Waals surface area (Å²) in [7, 11) is -4.94. The topological polar surface area (TPSA) is 109 Å². The highest BCUT2D eigenvalue weighted by atomic mass is 35.7. The first-order valence-corrected chi connectivity index (χ1v) is 9.72. The van der Waals surface area contributed by atoms with Crippen LogP contribution in [0.25, 0.3) is 27.0 Å². The number of hydrogen-bond donors (Lipinski definition) is 0. The number of hydrogen-bond acceptors (Lipinski definition) is 6. The molecular formula is C18H15ClN2O4S.